The maximum absolute atomic E-state index is 12.1. The van der Waals surface area contributed by atoms with Crippen LogP contribution in [0, 0.1) is 0 Å². The Morgan fingerprint density at radius 2 is 2.11 bits per heavy atom. The van der Waals surface area contributed by atoms with Crippen LogP contribution in [0.4, 0.5) is 5.13 Å². The number of rotatable bonds is 4. The van der Waals surface area contributed by atoms with Gasteiger partial charge in [-0.3, -0.25) is 4.72 Å². The molecule has 0 radical (unpaired) electrons. The molecule has 9 heteroatoms. The summed E-state index contributed by atoms with van der Waals surface area (Å²) in [4.78, 5) is 4.06. The number of hydrogen-bond acceptors (Lipinski definition) is 5. The van der Waals surface area contributed by atoms with Gasteiger partial charge < -0.3 is 4.74 Å². The SMILES string of the molecule is COc1ccc(S(=O)(=O)Nc2ncc(Br)s2)cc1Br. The van der Waals surface area contributed by atoms with Gasteiger partial charge in [0.25, 0.3) is 10.0 Å². The van der Waals surface area contributed by atoms with Gasteiger partial charge in [0.1, 0.15) is 5.75 Å². The van der Waals surface area contributed by atoms with E-state index in [-0.39, 0.29) is 4.90 Å². The van der Waals surface area contributed by atoms with Gasteiger partial charge in [-0.1, -0.05) is 11.3 Å². The predicted octanol–water partition coefficient (Wildman–Crippen LogP) is 3.48. The number of ether oxygens (including phenoxy) is 1. The van der Waals surface area contributed by atoms with E-state index in [0.717, 1.165) is 3.79 Å². The second-order valence-electron chi connectivity index (χ2n) is 3.37. The van der Waals surface area contributed by atoms with Crippen LogP contribution < -0.4 is 9.46 Å². The van der Waals surface area contributed by atoms with Gasteiger partial charge in [0.2, 0.25) is 0 Å². The van der Waals surface area contributed by atoms with E-state index >= 15 is 0 Å². The van der Waals surface area contributed by atoms with Gasteiger partial charge in [-0.05, 0) is 50.1 Å². The van der Waals surface area contributed by atoms with Crippen LogP contribution in [0.3, 0.4) is 0 Å². The van der Waals surface area contributed by atoms with Crippen molar-refractivity contribution in [1.82, 2.24) is 4.98 Å². The summed E-state index contributed by atoms with van der Waals surface area (Å²) in [5, 5.41) is 0.304. The van der Waals surface area contributed by atoms with E-state index in [9.17, 15) is 8.42 Å². The lowest BCUT2D eigenvalue weighted by atomic mass is 10.3. The van der Waals surface area contributed by atoms with Gasteiger partial charge in [-0.15, -0.1) is 0 Å². The number of nitrogens with zero attached hydrogens (tertiary/aromatic N) is 1. The molecule has 0 bridgehead atoms. The number of aromatic nitrogens is 1. The van der Waals surface area contributed by atoms with Crippen LogP contribution >= 0.6 is 43.2 Å². The average Bonchev–Trinajstić information content (AvgIpc) is 2.73. The second-order valence-corrected chi connectivity index (χ2v) is 8.32. The van der Waals surface area contributed by atoms with Crippen LogP contribution in [0.25, 0.3) is 0 Å². The molecule has 0 unspecified atom stereocenters. The minimum atomic E-state index is -3.66. The summed E-state index contributed by atoms with van der Waals surface area (Å²) >= 11 is 7.68. The van der Waals surface area contributed by atoms with Gasteiger partial charge in [0.05, 0.1) is 26.5 Å². The van der Waals surface area contributed by atoms with Crippen LogP contribution in [-0.2, 0) is 10.0 Å². The largest absolute Gasteiger partial charge is 0.496 e. The van der Waals surface area contributed by atoms with E-state index < -0.39 is 10.0 Å². The van der Waals surface area contributed by atoms with Crippen molar-refractivity contribution in [3.05, 3.63) is 32.7 Å². The van der Waals surface area contributed by atoms with Crippen molar-refractivity contribution in [3.8, 4) is 5.75 Å². The zero-order valence-electron chi connectivity index (χ0n) is 9.55. The number of nitrogens with one attached hydrogen (secondary N) is 1. The third-order valence-electron chi connectivity index (χ3n) is 2.13. The van der Waals surface area contributed by atoms with Gasteiger partial charge in [0.15, 0.2) is 5.13 Å². The molecule has 0 aliphatic heterocycles. The van der Waals surface area contributed by atoms with Crippen molar-refractivity contribution in [3.63, 3.8) is 0 Å². The Kier molecular flexibility index (Phi) is 4.49. The first kappa shape index (κ1) is 14.8. The van der Waals surface area contributed by atoms with Crippen molar-refractivity contribution >= 4 is 58.4 Å². The van der Waals surface area contributed by atoms with E-state index in [1.165, 1.54) is 36.8 Å². The smallest absolute Gasteiger partial charge is 0.263 e. The fourth-order valence-corrected chi connectivity index (χ4v) is 4.36. The minimum Gasteiger partial charge on any atom is -0.496 e. The lowest BCUT2D eigenvalue weighted by molar-refractivity contribution is 0.411. The van der Waals surface area contributed by atoms with Crippen LogP contribution in [0.5, 0.6) is 5.75 Å². The van der Waals surface area contributed by atoms with Gasteiger partial charge in [-0.25, -0.2) is 13.4 Å². The van der Waals surface area contributed by atoms with Crippen LogP contribution in [0.1, 0.15) is 0 Å². The molecule has 0 aliphatic carbocycles. The Hall–Kier alpha value is -0.640. The number of thiazole rings is 1. The zero-order valence-corrected chi connectivity index (χ0v) is 14.4. The quantitative estimate of drug-likeness (QED) is 0.810. The molecule has 0 saturated heterocycles. The summed E-state index contributed by atoms with van der Waals surface area (Å²) in [7, 11) is -2.14. The number of sulfonamides is 1. The fraction of sp³-hybridized carbons (Fsp3) is 0.100. The molecule has 1 N–H and O–H groups in total. The summed E-state index contributed by atoms with van der Waals surface area (Å²) in [6.07, 6.45) is 1.53. The van der Waals surface area contributed by atoms with E-state index in [0.29, 0.717) is 15.4 Å². The molecule has 1 heterocycles. The van der Waals surface area contributed by atoms with Crippen LogP contribution in [0.2, 0.25) is 0 Å². The number of anilines is 1. The average molecular weight is 428 g/mol. The highest BCUT2D eigenvalue weighted by molar-refractivity contribution is 9.11. The first-order chi connectivity index (χ1) is 8.92. The normalized spacial score (nSPS) is 11.3. The Morgan fingerprint density at radius 3 is 2.63 bits per heavy atom. The molecule has 2 rings (SSSR count). The highest BCUT2D eigenvalue weighted by Crippen LogP contribution is 2.29. The van der Waals surface area contributed by atoms with E-state index in [1.807, 2.05) is 0 Å². The maximum atomic E-state index is 12.1. The molecular formula is C10H8Br2N2O3S2. The van der Waals surface area contributed by atoms with E-state index in [4.69, 9.17) is 4.74 Å². The van der Waals surface area contributed by atoms with Crippen LogP contribution in [0.15, 0.2) is 37.6 Å². The molecule has 102 valence electrons. The van der Waals surface area contributed by atoms with Crippen molar-refractivity contribution in [2.24, 2.45) is 0 Å². The molecule has 0 amide bonds. The van der Waals surface area contributed by atoms with Gasteiger partial charge >= 0.3 is 0 Å². The Labute approximate surface area is 131 Å². The summed E-state index contributed by atoms with van der Waals surface area (Å²) in [6, 6.07) is 4.52. The highest BCUT2D eigenvalue weighted by atomic mass is 79.9. The third kappa shape index (κ3) is 3.47. The minimum absolute atomic E-state index is 0.131. The lowest BCUT2D eigenvalue weighted by Gasteiger charge is -2.07. The molecule has 0 saturated carbocycles. The predicted molar refractivity (Wildman–Crippen MR) is 81.3 cm³/mol. The molecule has 1 aromatic carbocycles. The lowest BCUT2D eigenvalue weighted by Crippen LogP contribution is -2.12. The Morgan fingerprint density at radius 1 is 1.37 bits per heavy atom. The number of benzene rings is 1. The highest BCUT2D eigenvalue weighted by Gasteiger charge is 2.17. The van der Waals surface area contributed by atoms with Crippen LogP contribution in [-0.4, -0.2) is 20.5 Å². The summed E-state index contributed by atoms with van der Waals surface area (Å²) in [5.41, 5.74) is 0. The van der Waals surface area contributed by atoms with E-state index in [2.05, 4.69) is 41.6 Å². The first-order valence-electron chi connectivity index (χ1n) is 4.90. The van der Waals surface area contributed by atoms with Crippen molar-refractivity contribution in [2.45, 2.75) is 4.90 Å². The second kappa shape index (κ2) is 5.78. The molecule has 0 fully saturated rings. The van der Waals surface area contributed by atoms with Crippen molar-refractivity contribution < 1.29 is 13.2 Å². The monoisotopic (exact) mass is 426 g/mol. The number of halogens is 2. The fourth-order valence-electron chi connectivity index (χ4n) is 1.29. The van der Waals surface area contributed by atoms with Gasteiger partial charge in [-0.2, -0.15) is 0 Å². The number of hydrogen-bond donors (Lipinski definition) is 1. The standard InChI is InChI=1S/C10H8Br2N2O3S2/c1-17-8-3-2-6(4-7(8)11)19(15,16)14-10-13-5-9(12)18-10/h2-5H,1H3,(H,13,14). The molecule has 2 aromatic rings. The molecule has 0 aliphatic rings. The topological polar surface area (TPSA) is 68.3 Å². The van der Waals surface area contributed by atoms with Crippen molar-refractivity contribution in [2.75, 3.05) is 11.8 Å². The molecular weight excluding hydrogens is 420 g/mol. The van der Waals surface area contributed by atoms with Crippen molar-refractivity contribution in [1.29, 1.82) is 0 Å². The molecule has 0 atom stereocenters. The molecule has 0 spiro atoms. The zero-order chi connectivity index (χ0) is 14.0. The summed E-state index contributed by atoms with van der Waals surface area (Å²) in [6.45, 7) is 0. The molecule has 19 heavy (non-hydrogen) atoms. The molecule has 1 aromatic heterocycles. The Balaban J connectivity index is 2.31. The summed E-state index contributed by atoms with van der Waals surface area (Å²) in [5.74, 6) is 0.566. The maximum Gasteiger partial charge on any atom is 0.263 e. The van der Waals surface area contributed by atoms with Gasteiger partial charge in [0, 0.05) is 0 Å². The third-order valence-corrected chi connectivity index (χ3v) is 5.61. The molecule has 5 nitrogen and oxygen atoms in total. The number of methoxy groups -OCH3 is 1. The Bertz CT molecular complexity index is 701. The first-order valence-corrected chi connectivity index (χ1v) is 8.78. The summed E-state index contributed by atoms with van der Waals surface area (Å²) < 4.78 is 33.1. The van der Waals surface area contributed by atoms with E-state index in [1.54, 1.807) is 6.07 Å².